The average molecular weight is 383 g/mol. The van der Waals surface area contributed by atoms with Gasteiger partial charge in [0.05, 0.1) is 25.7 Å². The maximum atomic E-state index is 11.4. The highest BCUT2D eigenvalue weighted by molar-refractivity contribution is 5.70. The molecule has 0 saturated carbocycles. The number of likely N-dealkylation sites (tertiary alicyclic amines) is 1. The molecule has 1 aliphatic heterocycles. The van der Waals surface area contributed by atoms with E-state index < -0.39 is 5.97 Å². The van der Waals surface area contributed by atoms with Gasteiger partial charge in [0.1, 0.15) is 0 Å². The van der Waals surface area contributed by atoms with Gasteiger partial charge in [-0.05, 0) is 68.6 Å². The molecule has 0 aliphatic carbocycles. The van der Waals surface area contributed by atoms with Crippen molar-refractivity contribution in [2.24, 2.45) is 5.92 Å². The Balaban J connectivity index is 1.99. The third-order valence-corrected chi connectivity index (χ3v) is 5.53. The minimum atomic E-state index is -0.685. The lowest BCUT2D eigenvalue weighted by molar-refractivity contribution is -0.143. The van der Waals surface area contributed by atoms with Crippen molar-refractivity contribution in [1.82, 2.24) is 4.90 Å². The van der Waals surface area contributed by atoms with Gasteiger partial charge in [-0.3, -0.25) is 9.69 Å². The van der Waals surface area contributed by atoms with Crippen LogP contribution in [0, 0.1) is 12.8 Å². The van der Waals surface area contributed by atoms with E-state index in [2.05, 4.69) is 42.2 Å². The van der Waals surface area contributed by atoms with Crippen LogP contribution in [0.2, 0.25) is 0 Å². The van der Waals surface area contributed by atoms with Gasteiger partial charge in [0, 0.05) is 0 Å². The number of methoxy groups -OCH3 is 1. The molecule has 1 atom stereocenters. The predicted octanol–water partition coefficient (Wildman–Crippen LogP) is 4.29. The Bertz CT molecular complexity index is 812. The number of hydrogen-bond acceptors (Lipinski definition) is 4. The highest BCUT2D eigenvalue weighted by Crippen LogP contribution is 2.38. The van der Waals surface area contributed by atoms with Gasteiger partial charge < -0.3 is 14.6 Å². The van der Waals surface area contributed by atoms with Crippen molar-refractivity contribution in [3.8, 4) is 11.5 Å². The van der Waals surface area contributed by atoms with E-state index in [1.165, 1.54) is 11.1 Å². The first kappa shape index (κ1) is 20.2. The van der Waals surface area contributed by atoms with Crippen molar-refractivity contribution >= 4 is 5.97 Å². The molecule has 1 unspecified atom stereocenters. The predicted molar refractivity (Wildman–Crippen MR) is 109 cm³/mol. The van der Waals surface area contributed by atoms with Crippen molar-refractivity contribution in [1.29, 1.82) is 0 Å². The van der Waals surface area contributed by atoms with Gasteiger partial charge in [0.2, 0.25) is 0 Å². The molecule has 2 aromatic rings. The Morgan fingerprint density at radius 3 is 2.50 bits per heavy atom. The number of carboxylic acids is 1. The number of carboxylic acid groups (broad SMARTS) is 1. The van der Waals surface area contributed by atoms with Crippen LogP contribution < -0.4 is 9.47 Å². The summed E-state index contributed by atoms with van der Waals surface area (Å²) in [6.07, 6.45) is 1.35. The summed E-state index contributed by atoms with van der Waals surface area (Å²) in [6, 6.07) is 14.5. The lowest BCUT2D eigenvalue weighted by Gasteiger charge is -2.38. The van der Waals surface area contributed by atoms with Crippen molar-refractivity contribution in [3.63, 3.8) is 0 Å². The molecule has 28 heavy (non-hydrogen) atoms. The van der Waals surface area contributed by atoms with E-state index >= 15 is 0 Å². The minimum absolute atomic E-state index is 0.0565. The molecule has 5 nitrogen and oxygen atoms in total. The standard InChI is InChI=1S/C23H29NO4/c1-4-28-21-15-18(9-10-20(21)27-3)22(19-8-6-5-7-16(19)2)24-13-11-17(12-14-24)23(25)26/h5-10,15,17,22H,4,11-14H2,1-3H3,(H,25,26). The van der Waals surface area contributed by atoms with Gasteiger partial charge in [-0.15, -0.1) is 0 Å². The summed E-state index contributed by atoms with van der Waals surface area (Å²) in [5.74, 6) is 0.527. The molecule has 0 radical (unpaired) electrons. The SMILES string of the molecule is CCOc1cc(C(c2ccccc2C)N2CCC(C(=O)O)CC2)ccc1OC. The molecule has 1 N–H and O–H groups in total. The van der Waals surface area contributed by atoms with Crippen LogP contribution in [0.1, 0.15) is 42.5 Å². The third kappa shape index (κ3) is 4.30. The molecule has 3 rings (SSSR count). The van der Waals surface area contributed by atoms with Gasteiger partial charge in [0.25, 0.3) is 0 Å². The average Bonchev–Trinajstić information content (AvgIpc) is 2.70. The van der Waals surface area contributed by atoms with Crippen LogP contribution in [0.15, 0.2) is 42.5 Å². The second-order valence-electron chi connectivity index (χ2n) is 7.25. The summed E-state index contributed by atoms with van der Waals surface area (Å²) < 4.78 is 11.2. The topological polar surface area (TPSA) is 59.0 Å². The summed E-state index contributed by atoms with van der Waals surface area (Å²) in [4.78, 5) is 13.8. The first-order valence-corrected chi connectivity index (χ1v) is 9.88. The highest BCUT2D eigenvalue weighted by atomic mass is 16.5. The second kappa shape index (κ2) is 9.11. The number of piperidine rings is 1. The number of aliphatic carboxylic acids is 1. The summed E-state index contributed by atoms with van der Waals surface area (Å²) in [5, 5.41) is 9.35. The minimum Gasteiger partial charge on any atom is -0.493 e. The van der Waals surface area contributed by atoms with E-state index in [9.17, 15) is 9.90 Å². The van der Waals surface area contributed by atoms with E-state index in [0.717, 1.165) is 30.2 Å². The number of hydrogen-bond donors (Lipinski definition) is 1. The monoisotopic (exact) mass is 383 g/mol. The van der Waals surface area contributed by atoms with Gasteiger partial charge in [-0.1, -0.05) is 30.3 Å². The van der Waals surface area contributed by atoms with Crippen molar-refractivity contribution in [3.05, 3.63) is 59.2 Å². The zero-order valence-corrected chi connectivity index (χ0v) is 16.9. The third-order valence-electron chi connectivity index (χ3n) is 5.53. The molecule has 2 aromatic carbocycles. The highest BCUT2D eigenvalue weighted by Gasteiger charge is 2.31. The summed E-state index contributed by atoms with van der Waals surface area (Å²) in [5.41, 5.74) is 3.60. The smallest absolute Gasteiger partial charge is 0.306 e. The first-order chi connectivity index (χ1) is 13.5. The number of nitrogens with zero attached hydrogens (tertiary/aromatic N) is 1. The molecule has 5 heteroatoms. The van der Waals surface area contributed by atoms with E-state index in [0.29, 0.717) is 19.4 Å². The Morgan fingerprint density at radius 2 is 1.89 bits per heavy atom. The van der Waals surface area contributed by atoms with Gasteiger partial charge in [-0.2, -0.15) is 0 Å². The molecule has 0 bridgehead atoms. The first-order valence-electron chi connectivity index (χ1n) is 9.88. The van der Waals surface area contributed by atoms with E-state index in [4.69, 9.17) is 9.47 Å². The van der Waals surface area contributed by atoms with Crippen molar-refractivity contribution in [2.75, 3.05) is 26.8 Å². The zero-order chi connectivity index (χ0) is 20.1. The van der Waals surface area contributed by atoms with E-state index in [-0.39, 0.29) is 12.0 Å². The molecule has 1 fully saturated rings. The fourth-order valence-corrected chi connectivity index (χ4v) is 4.02. The van der Waals surface area contributed by atoms with Crippen LogP contribution >= 0.6 is 0 Å². The molecule has 1 saturated heterocycles. The number of ether oxygens (including phenoxy) is 2. The summed E-state index contributed by atoms with van der Waals surface area (Å²) in [6.45, 7) is 6.16. The Hall–Kier alpha value is -2.53. The van der Waals surface area contributed by atoms with Crippen LogP contribution in [0.4, 0.5) is 0 Å². The maximum absolute atomic E-state index is 11.4. The second-order valence-corrected chi connectivity index (χ2v) is 7.25. The molecule has 1 heterocycles. The molecule has 0 amide bonds. The Kier molecular flexibility index (Phi) is 6.57. The van der Waals surface area contributed by atoms with Crippen LogP contribution in [0.25, 0.3) is 0 Å². The quantitative estimate of drug-likeness (QED) is 0.773. The Labute approximate surface area is 166 Å². The lowest BCUT2D eigenvalue weighted by Crippen LogP contribution is -2.39. The molecular formula is C23H29NO4. The van der Waals surface area contributed by atoms with E-state index in [1.807, 2.05) is 19.1 Å². The molecule has 150 valence electrons. The van der Waals surface area contributed by atoms with Crippen LogP contribution in [0.5, 0.6) is 11.5 Å². The number of rotatable bonds is 7. The lowest BCUT2D eigenvalue weighted by atomic mass is 9.89. The molecule has 1 aliphatic rings. The van der Waals surface area contributed by atoms with E-state index in [1.54, 1.807) is 7.11 Å². The zero-order valence-electron chi connectivity index (χ0n) is 16.9. The van der Waals surface area contributed by atoms with Crippen LogP contribution in [-0.2, 0) is 4.79 Å². The number of aryl methyl sites for hydroxylation is 1. The van der Waals surface area contributed by atoms with Crippen molar-refractivity contribution in [2.45, 2.75) is 32.7 Å². The van der Waals surface area contributed by atoms with Crippen molar-refractivity contribution < 1.29 is 19.4 Å². The number of benzene rings is 2. The van der Waals surface area contributed by atoms with Gasteiger partial charge in [-0.25, -0.2) is 0 Å². The fraction of sp³-hybridized carbons (Fsp3) is 0.435. The fourth-order valence-electron chi connectivity index (χ4n) is 4.02. The molecular weight excluding hydrogens is 354 g/mol. The summed E-state index contributed by atoms with van der Waals surface area (Å²) in [7, 11) is 1.65. The maximum Gasteiger partial charge on any atom is 0.306 e. The largest absolute Gasteiger partial charge is 0.493 e. The normalized spacial score (nSPS) is 16.5. The molecule has 0 aromatic heterocycles. The molecule has 0 spiro atoms. The Morgan fingerprint density at radius 1 is 1.18 bits per heavy atom. The summed E-state index contributed by atoms with van der Waals surface area (Å²) >= 11 is 0. The van der Waals surface area contributed by atoms with Gasteiger partial charge >= 0.3 is 5.97 Å². The number of carbonyl (C=O) groups is 1. The van der Waals surface area contributed by atoms with Crippen LogP contribution in [0.3, 0.4) is 0 Å². The van der Waals surface area contributed by atoms with Crippen LogP contribution in [-0.4, -0.2) is 42.8 Å². The van der Waals surface area contributed by atoms with Gasteiger partial charge in [0.15, 0.2) is 11.5 Å².